The van der Waals surface area contributed by atoms with Crippen molar-refractivity contribution < 1.29 is 9.53 Å². The van der Waals surface area contributed by atoms with Gasteiger partial charge >= 0.3 is 5.97 Å². The lowest BCUT2D eigenvalue weighted by Crippen LogP contribution is -2.13. The molecule has 0 saturated carbocycles. The van der Waals surface area contributed by atoms with Crippen LogP contribution in [-0.4, -0.2) is 17.8 Å². The average molecular weight is 371 g/mol. The predicted molar refractivity (Wildman–Crippen MR) is 113 cm³/mol. The summed E-state index contributed by atoms with van der Waals surface area (Å²) in [4.78, 5) is 11.5. The van der Waals surface area contributed by atoms with Crippen LogP contribution in [0.5, 0.6) is 0 Å². The van der Waals surface area contributed by atoms with Gasteiger partial charge in [-0.25, -0.2) is 0 Å². The Bertz CT molecular complexity index is 315. The Morgan fingerprint density at radius 2 is 1.32 bits per heavy atom. The highest BCUT2D eigenvalue weighted by atomic mass is 32.1. The minimum absolute atomic E-state index is 0.0287. The molecule has 3 heteroatoms. The molecule has 0 saturated heterocycles. The van der Waals surface area contributed by atoms with Gasteiger partial charge in [-0.1, -0.05) is 64.0 Å². The largest absolute Gasteiger partial charge is 0.463 e. The smallest absolute Gasteiger partial charge is 0.306 e. The van der Waals surface area contributed by atoms with Crippen molar-refractivity contribution >= 4 is 18.6 Å². The zero-order chi connectivity index (χ0) is 18.6. The van der Waals surface area contributed by atoms with E-state index in [1.165, 1.54) is 70.6 Å². The zero-order valence-electron chi connectivity index (χ0n) is 16.8. The third kappa shape index (κ3) is 19.7. The molecule has 0 bridgehead atoms. The topological polar surface area (TPSA) is 26.3 Å². The molecule has 0 aromatic heterocycles. The van der Waals surface area contributed by atoms with E-state index < -0.39 is 0 Å². The van der Waals surface area contributed by atoms with E-state index in [0.29, 0.717) is 6.42 Å². The second-order valence-corrected chi connectivity index (χ2v) is 7.57. The van der Waals surface area contributed by atoms with Crippen LogP contribution in [0.4, 0.5) is 0 Å². The van der Waals surface area contributed by atoms with Crippen LogP contribution in [0.3, 0.4) is 0 Å². The number of rotatable bonds is 18. The Labute approximate surface area is 162 Å². The first kappa shape index (κ1) is 24.6. The molecular weight excluding hydrogens is 328 g/mol. The average Bonchev–Trinajstić information content (AvgIpc) is 2.61. The van der Waals surface area contributed by atoms with Crippen molar-refractivity contribution in [1.82, 2.24) is 0 Å². The minimum Gasteiger partial charge on any atom is -0.463 e. The summed E-state index contributed by atoms with van der Waals surface area (Å²) in [7, 11) is 0. The number of carbonyl (C=O) groups excluding carboxylic acids is 1. The maximum atomic E-state index is 11.5. The summed E-state index contributed by atoms with van der Waals surface area (Å²) in [5, 5.41) is 0. The first-order chi connectivity index (χ1) is 12.2. The van der Waals surface area contributed by atoms with Gasteiger partial charge < -0.3 is 4.74 Å². The fraction of sp³-hybridized carbons (Fsp3) is 0.864. The van der Waals surface area contributed by atoms with Crippen molar-refractivity contribution in [3.63, 3.8) is 0 Å². The van der Waals surface area contributed by atoms with Gasteiger partial charge in [-0.05, 0) is 57.6 Å². The zero-order valence-corrected chi connectivity index (χ0v) is 17.7. The molecule has 1 unspecified atom stereocenters. The van der Waals surface area contributed by atoms with Gasteiger partial charge in [-0.15, -0.1) is 0 Å². The number of hydrogen-bond acceptors (Lipinski definition) is 3. The van der Waals surface area contributed by atoms with E-state index in [-0.39, 0.29) is 12.1 Å². The second kappa shape index (κ2) is 19.9. The molecule has 148 valence electrons. The molecule has 1 atom stereocenters. The van der Waals surface area contributed by atoms with Gasteiger partial charge in [-0.3, -0.25) is 4.79 Å². The van der Waals surface area contributed by atoms with E-state index in [2.05, 4.69) is 24.8 Å². The van der Waals surface area contributed by atoms with Crippen LogP contribution in [0.2, 0.25) is 0 Å². The van der Waals surface area contributed by atoms with Crippen LogP contribution in [-0.2, 0) is 9.53 Å². The molecular formula is C22H42O2S. The summed E-state index contributed by atoms with van der Waals surface area (Å²) in [5.41, 5.74) is 0. The van der Waals surface area contributed by atoms with Crippen LogP contribution >= 0.6 is 12.6 Å². The number of unbranched alkanes of at least 4 members (excludes halogenated alkanes) is 11. The second-order valence-electron chi connectivity index (χ2n) is 7.12. The molecule has 0 aromatic rings. The minimum atomic E-state index is -0.0287. The highest BCUT2D eigenvalue weighted by Gasteiger charge is 2.06. The van der Waals surface area contributed by atoms with Gasteiger partial charge in [0.1, 0.15) is 0 Å². The Morgan fingerprint density at radius 1 is 0.840 bits per heavy atom. The molecule has 0 spiro atoms. The van der Waals surface area contributed by atoms with Gasteiger partial charge in [0.15, 0.2) is 0 Å². The fourth-order valence-electron chi connectivity index (χ4n) is 2.75. The van der Waals surface area contributed by atoms with Crippen molar-refractivity contribution in [2.75, 3.05) is 5.75 Å². The first-order valence-corrected chi connectivity index (χ1v) is 11.3. The Hall–Kier alpha value is -0.440. The van der Waals surface area contributed by atoms with E-state index in [9.17, 15) is 4.79 Å². The van der Waals surface area contributed by atoms with Crippen LogP contribution in [0.25, 0.3) is 0 Å². The molecule has 0 aliphatic heterocycles. The maximum absolute atomic E-state index is 11.5. The normalized spacial score (nSPS) is 12.6. The van der Waals surface area contributed by atoms with E-state index >= 15 is 0 Å². The molecule has 0 aromatic carbocycles. The van der Waals surface area contributed by atoms with Crippen molar-refractivity contribution in [3.8, 4) is 0 Å². The van der Waals surface area contributed by atoms with Crippen molar-refractivity contribution in [3.05, 3.63) is 12.2 Å². The molecule has 0 heterocycles. The summed E-state index contributed by atoms with van der Waals surface area (Å²) in [6, 6.07) is 0. The SMILES string of the molecule is CCC(C)OC(=O)CCCCCCC/C=C/CCCCCCCCS. The van der Waals surface area contributed by atoms with E-state index in [1.807, 2.05) is 13.8 Å². The lowest BCUT2D eigenvalue weighted by Gasteiger charge is -2.10. The number of ether oxygens (including phenoxy) is 1. The maximum Gasteiger partial charge on any atom is 0.306 e. The summed E-state index contributed by atoms with van der Waals surface area (Å²) in [6.45, 7) is 4.00. The van der Waals surface area contributed by atoms with Crippen LogP contribution in [0.15, 0.2) is 12.2 Å². The van der Waals surface area contributed by atoms with Gasteiger partial charge in [-0.2, -0.15) is 12.6 Å². The predicted octanol–water partition coefficient (Wildman–Crippen LogP) is 7.28. The van der Waals surface area contributed by atoms with Gasteiger partial charge in [0.2, 0.25) is 0 Å². The lowest BCUT2D eigenvalue weighted by molar-refractivity contribution is -0.148. The molecule has 0 N–H and O–H groups in total. The monoisotopic (exact) mass is 370 g/mol. The summed E-state index contributed by atoms with van der Waals surface area (Å²) < 4.78 is 5.27. The molecule has 0 amide bonds. The lowest BCUT2D eigenvalue weighted by atomic mass is 10.1. The molecule has 0 radical (unpaired) electrons. The quantitative estimate of drug-likeness (QED) is 0.119. The van der Waals surface area contributed by atoms with E-state index in [0.717, 1.165) is 25.0 Å². The molecule has 0 fully saturated rings. The molecule has 0 aliphatic carbocycles. The van der Waals surface area contributed by atoms with E-state index in [1.54, 1.807) is 0 Å². The Balaban J connectivity index is 3.21. The number of esters is 1. The van der Waals surface area contributed by atoms with Gasteiger partial charge in [0, 0.05) is 6.42 Å². The van der Waals surface area contributed by atoms with Gasteiger partial charge in [0.05, 0.1) is 6.10 Å². The highest BCUT2D eigenvalue weighted by Crippen LogP contribution is 2.11. The summed E-state index contributed by atoms with van der Waals surface area (Å²) in [5.74, 6) is 1.01. The number of hydrogen-bond donors (Lipinski definition) is 1. The number of allylic oxidation sites excluding steroid dienone is 2. The first-order valence-electron chi connectivity index (χ1n) is 10.7. The summed E-state index contributed by atoms with van der Waals surface area (Å²) in [6.07, 6.45) is 22.7. The van der Waals surface area contributed by atoms with Crippen molar-refractivity contribution in [2.45, 2.75) is 116 Å². The number of thiol groups is 1. The fourth-order valence-corrected chi connectivity index (χ4v) is 2.97. The van der Waals surface area contributed by atoms with Crippen molar-refractivity contribution in [2.24, 2.45) is 0 Å². The molecule has 0 rings (SSSR count). The molecule has 2 nitrogen and oxygen atoms in total. The highest BCUT2D eigenvalue weighted by molar-refractivity contribution is 7.80. The Morgan fingerprint density at radius 3 is 1.84 bits per heavy atom. The van der Waals surface area contributed by atoms with Gasteiger partial charge in [0.25, 0.3) is 0 Å². The Kier molecular flexibility index (Phi) is 19.5. The van der Waals surface area contributed by atoms with Crippen LogP contribution < -0.4 is 0 Å². The third-order valence-corrected chi connectivity index (χ3v) is 4.92. The number of carbonyl (C=O) groups is 1. The standard InChI is InChI=1S/C22H42O2S/c1-3-21(2)24-22(23)19-17-15-13-11-9-7-5-4-6-8-10-12-14-16-18-20-25/h4-5,21,25H,3,6-20H2,1-2H3/b5-4+. The summed E-state index contributed by atoms with van der Waals surface area (Å²) >= 11 is 4.24. The molecule has 0 aliphatic rings. The molecule has 25 heavy (non-hydrogen) atoms. The van der Waals surface area contributed by atoms with Crippen molar-refractivity contribution in [1.29, 1.82) is 0 Å². The third-order valence-electron chi connectivity index (χ3n) is 4.60. The van der Waals surface area contributed by atoms with Crippen LogP contribution in [0, 0.1) is 0 Å². The van der Waals surface area contributed by atoms with Crippen LogP contribution in [0.1, 0.15) is 110 Å². The van der Waals surface area contributed by atoms with E-state index in [4.69, 9.17) is 4.74 Å².